The SMILES string of the molecule is COCC(C)CNc1cc(OC)ccc1[N+](=O)[O-]. The summed E-state index contributed by atoms with van der Waals surface area (Å²) >= 11 is 0. The number of ether oxygens (including phenoxy) is 2. The van der Waals surface area contributed by atoms with Crippen LogP contribution in [0.5, 0.6) is 5.75 Å². The highest BCUT2D eigenvalue weighted by atomic mass is 16.6. The number of anilines is 1. The molecule has 1 N–H and O–H groups in total. The van der Waals surface area contributed by atoms with E-state index in [-0.39, 0.29) is 11.6 Å². The number of hydrogen-bond acceptors (Lipinski definition) is 5. The Morgan fingerprint density at radius 1 is 1.44 bits per heavy atom. The van der Waals surface area contributed by atoms with Crippen LogP contribution in [-0.4, -0.2) is 32.3 Å². The minimum absolute atomic E-state index is 0.0421. The van der Waals surface area contributed by atoms with Gasteiger partial charge in [0, 0.05) is 25.8 Å². The summed E-state index contributed by atoms with van der Waals surface area (Å²) in [4.78, 5) is 10.5. The topological polar surface area (TPSA) is 73.6 Å². The smallest absolute Gasteiger partial charge is 0.292 e. The molecule has 0 bridgehead atoms. The van der Waals surface area contributed by atoms with Crippen LogP contribution in [0, 0.1) is 16.0 Å². The van der Waals surface area contributed by atoms with Crippen molar-refractivity contribution in [1.82, 2.24) is 0 Å². The van der Waals surface area contributed by atoms with Gasteiger partial charge in [-0.05, 0) is 12.0 Å². The maximum atomic E-state index is 10.9. The van der Waals surface area contributed by atoms with Crippen molar-refractivity contribution in [3.8, 4) is 5.75 Å². The van der Waals surface area contributed by atoms with Crippen LogP contribution in [0.4, 0.5) is 11.4 Å². The van der Waals surface area contributed by atoms with E-state index in [1.807, 2.05) is 6.92 Å². The molecule has 0 saturated carbocycles. The highest BCUT2D eigenvalue weighted by molar-refractivity contribution is 5.64. The van der Waals surface area contributed by atoms with Crippen molar-refractivity contribution in [2.75, 3.05) is 32.7 Å². The van der Waals surface area contributed by atoms with Gasteiger partial charge >= 0.3 is 0 Å². The van der Waals surface area contributed by atoms with Gasteiger partial charge in [-0.1, -0.05) is 6.92 Å². The van der Waals surface area contributed by atoms with Crippen LogP contribution in [-0.2, 0) is 4.74 Å². The van der Waals surface area contributed by atoms with Crippen molar-refractivity contribution in [1.29, 1.82) is 0 Å². The third kappa shape index (κ3) is 3.89. The van der Waals surface area contributed by atoms with E-state index in [1.165, 1.54) is 13.2 Å². The number of rotatable bonds is 7. The van der Waals surface area contributed by atoms with E-state index in [9.17, 15) is 10.1 Å². The molecule has 0 amide bonds. The Kier molecular flexibility index (Phi) is 5.38. The van der Waals surface area contributed by atoms with Crippen molar-refractivity contribution < 1.29 is 14.4 Å². The van der Waals surface area contributed by atoms with Crippen molar-refractivity contribution >= 4 is 11.4 Å². The second kappa shape index (κ2) is 6.80. The largest absolute Gasteiger partial charge is 0.497 e. The summed E-state index contributed by atoms with van der Waals surface area (Å²) in [6.45, 7) is 3.20. The van der Waals surface area contributed by atoms with Gasteiger partial charge in [-0.25, -0.2) is 0 Å². The van der Waals surface area contributed by atoms with Gasteiger partial charge < -0.3 is 14.8 Å². The third-order valence-corrected chi connectivity index (χ3v) is 2.49. The number of nitrogens with zero attached hydrogens (tertiary/aromatic N) is 1. The maximum Gasteiger partial charge on any atom is 0.292 e. The number of hydrogen-bond donors (Lipinski definition) is 1. The van der Waals surface area contributed by atoms with Crippen LogP contribution >= 0.6 is 0 Å². The van der Waals surface area contributed by atoms with Crippen LogP contribution in [0.3, 0.4) is 0 Å². The number of nitro benzene ring substituents is 1. The van der Waals surface area contributed by atoms with Gasteiger partial charge in [0.05, 0.1) is 18.6 Å². The van der Waals surface area contributed by atoms with E-state index >= 15 is 0 Å². The molecular formula is C12H18N2O4. The average Bonchev–Trinajstić information content (AvgIpc) is 2.36. The summed E-state index contributed by atoms with van der Waals surface area (Å²) in [5, 5.41) is 13.9. The third-order valence-electron chi connectivity index (χ3n) is 2.49. The van der Waals surface area contributed by atoms with Crippen molar-refractivity contribution in [2.45, 2.75) is 6.92 Å². The number of benzene rings is 1. The Hall–Kier alpha value is -1.82. The van der Waals surface area contributed by atoms with Crippen molar-refractivity contribution in [3.05, 3.63) is 28.3 Å². The van der Waals surface area contributed by atoms with Crippen LogP contribution in [0.1, 0.15) is 6.92 Å². The van der Waals surface area contributed by atoms with Crippen molar-refractivity contribution in [2.24, 2.45) is 5.92 Å². The van der Waals surface area contributed by atoms with E-state index < -0.39 is 4.92 Å². The highest BCUT2D eigenvalue weighted by Crippen LogP contribution is 2.28. The molecule has 0 aliphatic rings. The molecule has 0 fully saturated rings. The summed E-state index contributed by atoms with van der Waals surface area (Å²) in [7, 11) is 3.16. The van der Waals surface area contributed by atoms with Crippen LogP contribution in [0.15, 0.2) is 18.2 Å². The predicted octanol–water partition coefficient (Wildman–Crippen LogP) is 2.30. The maximum absolute atomic E-state index is 10.9. The van der Waals surface area contributed by atoms with Gasteiger partial charge in [0.1, 0.15) is 11.4 Å². The van der Waals surface area contributed by atoms with Crippen LogP contribution < -0.4 is 10.1 Å². The minimum atomic E-state index is -0.414. The molecule has 1 atom stereocenters. The lowest BCUT2D eigenvalue weighted by molar-refractivity contribution is -0.384. The van der Waals surface area contributed by atoms with Gasteiger partial charge in [-0.2, -0.15) is 0 Å². The van der Waals surface area contributed by atoms with E-state index in [4.69, 9.17) is 9.47 Å². The lowest BCUT2D eigenvalue weighted by Gasteiger charge is -2.13. The van der Waals surface area contributed by atoms with Crippen molar-refractivity contribution in [3.63, 3.8) is 0 Å². The predicted molar refractivity (Wildman–Crippen MR) is 69.2 cm³/mol. The van der Waals surface area contributed by atoms with Gasteiger partial charge in [0.2, 0.25) is 0 Å². The number of nitro groups is 1. The summed E-state index contributed by atoms with van der Waals surface area (Å²) in [5.74, 6) is 0.850. The Balaban J connectivity index is 2.80. The fourth-order valence-corrected chi connectivity index (χ4v) is 1.57. The molecule has 0 heterocycles. The first-order valence-corrected chi connectivity index (χ1v) is 5.63. The molecule has 18 heavy (non-hydrogen) atoms. The van der Waals surface area contributed by atoms with E-state index in [2.05, 4.69) is 5.32 Å². The molecule has 1 aromatic rings. The fourth-order valence-electron chi connectivity index (χ4n) is 1.57. The molecule has 0 radical (unpaired) electrons. The quantitative estimate of drug-likeness (QED) is 0.597. The molecule has 0 aromatic heterocycles. The zero-order chi connectivity index (χ0) is 13.5. The minimum Gasteiger partial charge on any atom is -0.497 e. The summed E-state index contributed by atoms with van der Waals surface area (Å²) < 4.78 is 10.1. The Morgan fingerprint density at radius 2 is 2.17 bits per heavy atom. The first kappa shape index (κ1) is 14.2. The molecule has 0 saturated heterocycles. The second-order valence-electron chi connectivity index (χ2n) is 4.08. The first-order valence-electron chi connectivity index (χ1n) is 5.63. The van der Waals surface area contributed by atoms with Gasteiger partial charge in [0.15, 0.2) is 0 Å². The number of methoxy groups -OCH3 is 2. The first-order chi connectivity index (χ1) is 8.58. The second-order valence-corrected chi connectivity index (χ2v) is 4.08. The molecular weight excluding hydrogens is 236 g/mol. The fraction of sp³-hybridized carbons (Fsp3) is 0.500. The molecule has 100 valence electrons. The Bertz CT molecular complexity index is 409. The summed E-state index contributed by atoms with van der Waals surface area (Å²) in [5.41, 5.74) is 0.503. The van der Waals surface area contributed by atoms with Gasteiger partial charge in [-0.3, -0.25) is 10.1 Å². The molecule has 1 aromatic carbocycles. The van der Waals surface area contributed by atoms with E-state index in [1.54, 1.807) is 19.2 Å². The molecule has 0 aliphatic carbocycles. The summed E-state index contributed by atoms with van der Waals surface area (Å²) in [6, 6.07) is 4.63. The lowest BCUT2D eigenvalue weighted by Crippen LogP contribution is -2.16. The highest BCUT2D eigenvalue weighted by Gasteiger charge is 2.15. The molecule has 0 spiro atoms. The molecule has 6 heteroatoms. The van der Waals surface area contributed by atoms with Crippen LogP contribution in [0.25, 0.3) is 0 Å². The Labute approximate surface area is 106 Å². The standard InChI is InChI=1S/C12H18N2O4/c1-9(8-17-2)7-13-11-6-10(18-3)4-5-12(11)14(15)16/h4-6,9,13H,7-8H2,1-3H3. The summed E-state index contributed by atoms with van der Waals surface area (Å²) in [6.07, 6.45) is 0. The zero-order valence-electron chi connectivity index (χ0n) is 10.8. The zero-order valence-corrected chi connectivity index (χ0v) is 10.8. The van der Waals surface area contributed by atoms with Crippen LogP contribution in [0.2, 0.25) is 0 Å². The Morgan fingerprint density at radius 3 is 2.72 bits per heavy atom. The molecule has 0 aliphatic heterocycles. The lowest BCUT2D eigenvalue weighted by atomic mass is 10.2. The molecule has 6 nitrogen and oxygen atoms in total. The number of nitrogens with one attached hydrogen (secondary N) is 1. The van der Waals surface area contributed by atoms with E-state index in [0.717, 1.165) is 0 Å². The van der Waals surface area contributed by atoms with E-state index in [0.29, 0.717) is 24.6 Å². The monoisotopic (exact) mass is 254 g/mol. The molecule has 1 unspecified atom stereocenters. The molecule has 1 rings (SSSR count). The normalized spacial score (nSPS) is 11.9. The van der Waals surface area contributed by atoms with Gasteiger partial charge in [-0.15, -0.1) is 0 Å². The average molecular weight is 254 g/mol. The van der Waals surface area contributed by atoms with Gasteiger partial charge in [0.25, 0.3) is 5.69 Å².